The van der Waals surface area contributed by atoms with Crippen LogP contribution in [0.5, 0.6) is 11.5 Å². The lowest BCUT2D eigenvalue weighted by molar-refractivity contribution is 0.244. The molecule has 0 fully saturated rings. The van der Waals surface area contributed by atoms with E-state index in [0.29, 0.717) is 30.2 Å². The Hall–Kier alpha value is -1.75. The maximum Gasteiger partial charge on any atom is 0.495 e. The van der Waals surface area contributed by atoms with E-state index in [2.05, 4.69) is 0 Å². The lowest BCUT2D eigenvalue weighted by atomic mass is 9.78. The molecule has 0 amide bonds. The summed E-state index contributed by atoms with van der Waals surface area (Å²) in [7, 11) is -1.02. The van der Waals surface area contributed by atoms with Gasteiger partial charge in [-0.25, -0.2) is 0 Å². The number of hydrogen-bond donors (Lipinski definition) is 2. The Morgan fingerprint density at radius 3 is 2.95 bits per heavy atom. The van der Waals surface area contributed by atoms with Gasteiger partial charge < -0.3 is 24.9 Å². The number of nitrogens with two attached hydrogens (primary N) is 1. The van der Waals surface area contributed by atoms with Crippen LogP contribution in [0.4, 0.5) is 0 Å². The van der Waals surface area contributed by atoms with Gasteiger partial charge in [0.2, 0.25) is 0 Å². The predicted octanol–water partition coefficient (Wildman–Crippen LogP) is -0.0772. The molecule has 106 valence electrons. The zero-order chi connectivity index (χ0) is 14.8. The first-order valence-electron chi connectivity index (χ1n) is 6.39. The summed E-state index contributed by atoms with van der Waals surface area (Å²) in [6.45, 7) is 4.22. The monoisotopic (exact) mass is 276 g/mol. The van der Waals surface area contributed by atoms with E-state index in [0.717, 1.165) is 5.56 Å². The molecule has 1 atom stereocenters. The first-order chi connectivity index (χ1) is 9.48. The molecule has 0 saturated carbocycles. The lowest BCUT2D eigenvalue weighted by Gasteiger charge is -2.19. The Labute approximate surface area is 118 Å². The van der Waals surface area contributed by atoms with E-state index in [1.807, 2.05) is 19.1 Å². The maximum atomic E-state index is 9.85. The van der Waals surface area contributed by atoms with E-state index in [1.54, 1.807) is 13.0 Å². The van der Waals surface area contributed by atoms with E-state index in [4.69, 9.17) is 25.1 Å². The molecule has 0 aromatic heterocycles. The highest BCUT2D eigenvalue weighted by Gasteiger charge is 2.33. The molecule has 1 aliphatic heterocycles. The van der Waals surface area contributed by atoms with Crippen molar-refractivity contribution in [3.05, 3.63) is 17.7 Å². The number of benzene rings is 1. The van der Waals surface area contributed by atoms with Gasteiger partial charge in [-0.15, -0.1) is 0 Å². The third-order valence-corrected chi connectivity index (χ3v) is 2.97. The molecule has 0 saturated heterocycles. The quantitative estimate of drug-likeness (QED) is 0.730. The van der Waals surface area contributed by atoms with Crippen LogP contribution in [0.1, 0.15) is 19.4 Å². The fourth-order valence-electron chi connectivity index (χ4n) is 1.94. The number of ether oxygens (including phenoxy) is 2. The van der Waals surface area contributed by atoms with Crippen molar-refractivity contribution in [3.63, 3.8) is 0 Å². The molecule has 20 heavy (non-hydrogen) atoms. The van der Waals surface area contributed by atoms with Crippen LogP contribution in [0.3, 0.4) is 0 Å². The molecule has 1 heterocycles. The number of nitriles is 1. The minimum Gasteiger partial charge on any atom is -0.490 e. The molecule has 0 aliphatic carbocycles. The number of fused-ring (bicyclic) bond motifs is 1. The number of nitrogens with zero attached hydrogens (tertiary/aromatic N) is 1. The predicted molar refractivity (Wildman–Crippen MR) is 73.7 cm³/mol. The van der Waals surface area contributed by atoms with Crippen LogP contribution in [0, 0.1) is 11.3 Å². The molecule has 7 heteroatoms. The van der Waals surface area contributed by atoms with E-state index in [1.165, 1.54) is 0 Å². The van der Waals surface area contributed by atoms with Crippen molar-refractivity contribution in [2.45, 2.75) is 26.0 Å². The third-order valence-electron chi connectivity index (χ3n) is 2.97. The Morgan fingerprint density at radius 2 is 2.30 bits per heavy atom. The second-order valence-electron chi connectivity index (χ2n) is 4.88. The molecule has 6 nitrogen and oxygen atoms in total. The van der Waals surface area contributed by atoms with E-state index >= 15 is 0 Å². The highest BCUT2D eigenvalue weighted by atomic mass is 16.5. The van der Waals surface area contributed by atoms with Crippen molar-refractivity contribution < 1.29 is 19.2 Å². The maximum absolute atomic E-state index is 9.85. The van der Waals surface area contributed by atoms with Crippen molar-refractivity contribution in [3.8, 4) is 17.6 Å². The smallest absolute Gasteiger partial charge is 0.490 e. The van der Waals surface area contributed by atoms with Crippen LogP contribution >= 0.6 is 0 Å². The molecule has 1 aromatic carbocycles. The van der Waals surface area contributed by atoms with Crippen LogP contribution in [-0.2, 0) is 11.3 Å². The lowest BCUT2D eigenvalue weighted by Crippen LogP contribution is -2.41. The van der Waals surface area contributed by atoms with Crippen molar-refractivity contribution >= 4 is 12.6 Å². The van der Waals surface area contributed by atoms with Crippen LogP contribution in [0.25, 0.3) is 0 Å². The summed E-state index contributed by atoms with van der Waals surface area (Å²) in [6.07, 6.45) is 0. The highest BCUT2D eigenvalue weighted by molar-refractivity contribution is 6.62. The van der Waals surface area contributed by atoms with Gasteiger partial charge >= 0.3 is 7.12 Å². The second-order valence-corrected chi connectivity index (χ2v) is 4.88. The van der Waals surface area contributed by atoms with Gasteiger partial charge in [0.25, 0.3) is 0 Å². The van der Waals surface area contributed by atoms with Gasteiger partial charge in [0, 0.05) is 5.46 Å². The summed E-state index contributed by atoms with van der Waals surface area (Å²) in [5, 5.41) is 18.7. The Morgan fingerprint density at radius 1 is 1.55 bits per heavy atom. The molecule has 3 N–H and O–H groups in total. The van der Waals surface area contributed by atoms with Gasteiger partial charge in [-0.05, 0) is 25.5 Å². The van der Waals surface area contributed by atoms with Crippen molar-refractivity contribution in [1.29, 1.82) is 5.26 Å². The fraction of sp³-hybridized carbons (Fsp3) is 0.462. The Kier molecular flexibility index (Phi) is 4.19. The summed E-state index contributed by atoms with van der Waals surface area (Å²) < 4.78 is 16.3. The Bertz CT molecular complexity index is 542. The Balaban J connectivity index is 2.30. The zero-order valence-corrected chi connectivity index (χ0v) is 11.5. The fourth-order valence-corrected chi connectivity index (χ4v) is 1.94. The average molecular weight is 276 g/mol. The summed E-state index contributed by atoms with van der Waals surface area (Å²) in [5.74, 6) is 0.894. The zero-order valence-electron chi connectivity index (χ0n) is 11.5. The van der Waals surface area contributed by atoms with Gasteiger partial charge in [0.1, 0.15) is 12.1 Å². The summed E-state index contributed by atoms with van der Waals surface area (Å²) in [4.78, 5) is 0. The first-order valence-corrected chi connectivity index (χ1v) is 6.39. The van der Waals surface area contributed by atoms with Gasteiger partial charge in [0.15, 0.2) is 11.5 Å². The van der Waals surface area contributed by atoms with Gasteiger partial charge in [-0.2, -0.15) is 5.26 Å². The van der Waals surface area contributed by atoms with E-state index in [-0.39, 0.29) is 6.61 Å². The SMILES string of the molecule is CCOc1c(OC[C@](C)(N)C#N)ccc2c1B(O)OC2. The van der Waals surface area contributed by atoms with Crippen LogP contribution in [0.15, 0.2) is 12.1 Å². The summed E-state index contributed by atoms with van der Waals surface area (Å²) in [5.41, 5.74) is 6.09. The van der Waals surface area contributed by atoms with Crippen LogP contribution in [-0.4, -0.2) is 30.9 Å². The van der Waals surface area contributed by atoms with Crippen LogP contribution in [0.2, 0.25) is 0 Å². The standard InChI is InChI=1S/C13H17BN2O4/c1-3-18-12-10(19-8-13(2,16)7-15)5-4-9-6-20-14(17)11(9)12/h4-5,17H,3,6,8,16H2,1-2H3/t13-/m1/s1. The van der Waals surface area contributed by atoms with Crippen molar-refractivity contribution in [2.75, 3.05) is 13.2 Å². The molecule has 2 rings (SSSR count). The largest absolute Gasteiger partial charge is 0.495 e. The molecule has 0 bridgehead atoms. The summed E-state index contributed by atoms with van der Waals surface area (Å²) >= 11 is 0. The van der Waals surface area contributed by atoms with E-state index in [9.17, 15) is 5.02 Å². The number of rotatable bonds is 5. The second kappa shape index (κ2) is 5.71. The molecule has 0 radical (unpaired) electrons. The minimum atomic E-state index is -1.09. The number of hydrogen-bond acceptors (Lipinski definition) is 6. The molecular weight excluding hydrogens is 259 g/mol. The third kappa shape index (κ3) is 2.88. The molecular formula is C13H17BN2O4. The molecule has 0 spiro atoms. The highest BCUT2D eigenvalue weighted by Crippen LogP contribution is 2.30. The topological polar surface area (TPSA) is 97.7 Å². The first kappa shape index (κ1) is 14.7. The van der Waals surface area contributed by atoms with Crippen LogP contribution < -0.4 is 20.7 Å². The molecule has 1 aromatic rings. The molecule has 1 aliphatic rings. The average Bonchev–Trinajstić information content (AvgIpc) is 2.80. The van der Waals surface area contributed by atoms with E-state index < -0.39 is 12.7 Å². The van der Waals surface area contributed by atoms with Gasteiger partial charge in [-0.1, -0.05) is 6.07 Å². The minimum absolute atomic E-state index is 0.0271. The van der Waals surface area contributed by atoms with Crippen molar-refractivity contribution in [1.82, 2.24) is 0 Å². The molecule has 0 unspecified atom stereocenters. The van der Waals surface area contributed by atoms with Gasteiger partial charge in [-0.3, -0.25) is 0 Å². The van der Waals surface area contributed by atoms with Gasteiger partial charge in [0.05, 0.1) is 19.3 Å². The summed E-state index contributed by atoms with van der Waals surface area (Å²) in [6, 6.07) is 5.51. The normalized spacial score (nSPS) is 16.2. The van der Waals surface area contributed by atoms with Crippen molar-refractivity contribution in [2.24, 2.45) is 5.73 Å².